The van der Waals surface area contributed by atoms with Crippen molar-refractivity contribution in [2.75, 3.05) is 4.72 Å². The van der Waals surface area contributed by atoms with Gasteiger partial charge in [-0.15, -0.1) is 0 Å². The molecule has 0 aliphatic carbocycles. The van der Waals surface area contributed by atoms with Crippen LogP contribution in [0.25, 0.3) is 0 Å². The van der Waals surface area contributed by atoms with Crippen LogP contribution in [0.5, 0.6) is 0 Å². The van der Waals surface area contributed by atoms with E-state index < -0.39 is 16.6 Å². The summed E-state index contributed by atoms with van der Waals surface area (Å²) >= 11 is 0. The number of nitrogens with one attached hydrogen (secondary N) is 2. The van der Waals surface area contributed by atoms with Crippen molar-refractivity contribution in [3.8, 4) is 0 Å². The van der Waals surface area contributed by atoms with Gasteiger partial charge in [0.25, 0.3) is 10.0 Å². The SMILES string of the molecule is Cc1[nH]nc(S(=O)(=O)Nc2cnn(C)c2)c1CO. The highest BCUT2D eigenvalue weighted by Gasteiger charge is 2.23. The lowest BCUT2D eigenvalue weighted by Gasteiger charge is -2.04. The lowest BCUT2D eigenvalue weighted by molar-refractivity contribution is 0.277. The molecule has 0 radical (unpaired) electrons. The first-order valence-electron chi connectivity index (χ1n) is 5.10. The first-order chi connectivity index (χ1) is 8.44. The summed E-state index contributed by atoms with van der Waals surface area (Å²) < 4.78 is 27.9. The molecule has 8 nitrogen and oxygen atoms in total. The summed E-state index contributed by atoms with van der Waals surface area (Å²) in [7, 11) is -2.15. The highest BCUT2D eigenvalue weighted by atomic mass is 32.2. The van der Waals surface area contributed by atoms with Crippen LogP contribution >= 0.6 is 0 Å². The Kier molecular flexibility index (Phi) is 3.09. The van der Waals surface area contributed by atoms with E-state index in [-0.39, 0.29) is 10.6 Å². The number of nitrogens with zero attached hydrogens (tertiary/aromatic N) is 3. The molecule has 18 heavy (non-hydrogen) atoms. The highest BCUT2D eigenvalue weighted by Crippen LogP contribution is 2.19. The number of hydrogen-bond acceptors (Lipinski definition) is 5. The van der Waals surface area contributed by atoms with Crippen molar-refractivity contribution in [1.82, 2.24) is 20.0 Å². The lowest BCUT2D eigenvalue weighted by atomic mass is 10.3. The molecule has 9 heteroatoms. The molecule has 2 aromatic heterocycles. The van der Waals surface area contributed by atoms with Crippen LogP contribution < -0.4 is 4.72 Å². The first-order valence-corrected chi connectivity index (χ1v) is 6.58. The molecule has 2 heterocycles. The Morgan fingerprint density at radius 1 is 1.56 bits per heavy atom. The van der Waals surface area contributed by atoms with Gasteiger partial charge < -0.3 is 5.11 Å². The standard InChI is InChI=1S/C9H13N5O3S/c1-6-8(5-15)9(12-11-6)18(16,17)13-7-3-10-14(2)4-7/h3-4,13,15H,5H2,1-2H3,(H,11,12). The second-order valence-electron chi connectivity index (χ2n) is 3.80. The molecule has 0 aliphatic heterocycles. The monoisotopic (exact) mass is 271 g/mol. The van der Waals surface area contributed by atoms with E-state index in [1.54, 1.807) is 14.0 Å². The van der Waals surface area contributed by atoms with Gasteiger partial charge in [-0.25, -0.2) is 0 Å². The second-order valence-corrected chi connectivity index (χ2v) is 5.40. The Morgan fingerprint density at radius 2 is 2.28 bits per heavy atom. The average Bonchev–Trinajstić information content (AvgIpc) is 2.84. The molecule has 0 aliphatic rings. The molecule has 0 saturated carbocycles. The summed E-state index contributed by atoms with van der Waals surface area (Å²) in [5, 5.41) is 19.0. The van der Waals surface area contributed by atoms with Gasteiger partial charge in [0.15, 0.2) is 0 Å². The Balaban J connectivity index is 2.36. The minimum absolute atomic E-state index is 0.202. The molecule has 2 rings (SSSR count). The number of sulfonamides is 1. The van der Waals surface area contributed by atoms with E-state index in [0.29, 0.717) is 11.4 Å². The number of hydrogen-bond donors (Lipinski definition) is 3. The normalized spacial score (nSPS) is 11.7. The van der Waals surface area contributed by atoms with Crippen LogP contribution in [-0.2, 0) is 23.7 Å². The Labute approximate surface area is 104 Å². The van der Waals surface area contributed by atoms with Crippen molar-refractivity contribution < 1.29 is 13.5 Å². The zero-order chi connectivity index (χ0) is 13.3. The Morgan fingerprint density at radius 3 is 2.83 bits per heavy atom. The van der Waals surface area contributed by atoms with Gasteiger partial charge in [-0.2, -0.15) is 18.6 Å². The molecule has 0 fully saturated rings. The highest BCUT2D eigenvalue weighted by molar-refractivity contribution is 7.92. The molecule has 2 aromatic rings. The van der Waals surface area contributed by atoms with E-state index in [2.05, 4.69) is 20.0 Å². The van der Waals surface area contributed by atoms with Crippen molar-refractivity contribution in [2.24, 2.45) is 7.05 Å². The average molecular weight is 271 g/mol. The summed E-state index contributed by atoms with van der Waals surface area (Å²) in [6, 6.07) is 0. The fraction of sp³-hybridized carbons (Fsp3) is 0.333. The molecule has 98 valence electrons. The third kappa shape index (κ3) is 2.22. The van der Waals surface area contributed by atoms with Crippen LogP contribution in [0.1, 0.15) is 11.3 Å². The number of aromatic amines is 1. The van der Waals surface area contributed by atoms with Crippen LogP contribution in [0, 0.1) is 6.92 Å². The maximum Gasteiger partial charge on any atom is 0.281 e. The Hall–Kier alpha value is -1.87. The predicted molar refractivity (Wildman–Crippen MR) is 63.3 cm³/mol. The fourth-order valence-corrected chi connectivity index (χ4v) is 2.74. The number of rotatable bonds is 4. The largest absolute Gasteiger partial charge is 0.392 e. The molecule has 3 N–H and O–H groups in total. The molecule has 0 saturated heterocycles. The summed E-state index contributed by atoms with van der Waals surface area (Å²) in [5.41, 5.74) is 1.11. The summed E-state index contributed by atoms with van der Waals surface area (Å²) in [5.74, 6) is 0. The molecule has 0 amide bonds. The number of anilines is 1. The summed E-state index contributed by atoms with van der Waals surface area (Å²) in [4.78, 5) is 0. The van der Waals surface area contributed by atoms with E-state index in [1.807, 2.05) is 0 Å². The number of aromatic nitrogens is 4. The molecule has 0 atom stereocenters. The predicted octanol–water partition coefficient (Wildman–Crippen LogP) is -0.255. The summed E-state index contributed by atoms with van der Waals surface area (Å²) in [6.07, 6.45) is 2.91. The topological polar surface area (TPSA) is 113 Å². The minimum atomic E-state index is -3.83. The van der Waals surface area contributed by atoms with Crippen LogP contribution in [-0.4, -0.2) is 33.5 Å². The molecular weight excluding hydrogens is 258 g/mol. The van der Waals surface area contributed by atoms with Gasteiger partial charge in [-0.05, 0) is 6.92 Å². The van der Waals surface area contributed by atoms with Crippen LogP contribution in [0.4, 0.5) is 5.69 Å². The number of aliphatic hydroxyl groups is 1. The van der Waals surface area contributed by atoms with E-state index in [4.69, 9.17) is 5.11 Å². The van der Waals surface area contributed by atoms with Crippen molar-refractivity contribution in [2.45, 2.75) is 18.6 Å². The smallest absolute Gasteiger partial charge is 0.281 e. The minimum Gasteiger partial charge on any atom is -0.392 e. The third-order valence-corrected chi connectivity index (χ3v) is 3.76. The van der Waals surface area contributed by atoms with Crippen LogP contribution in [0.15, 0.2) is 17.4 Å². The number of aliphatic hydroxyl groups excluding tert-OH is 1. The van der Waals surface area contributed by atoms with Crippen molar-refractivity contribution in [3.05, 3.63) is 23.7 Å². The van der Waals surface area contributed by atoms with E-state index in [0.717, 1.165) is 0 Å². The van der Waals surface area contributed by atoms with E-state index >= 15 is 0 Å². The molecule has 0 aromatic carbocycles. The molecule has 0 bridgehead atoms. The fourth-order valence-electron chi connectivity index (χ4n) is 1.52. The van der Waals surface area contributed by atoms with Crippen LogP contribution in [0.2, 0.25) is 0 Å². The van der Waals surface area contributed by atoms with Crippen molar-refractivity contribution in [1.29, 1.82) is 0 Å². The molecule has 0 spiro atoms. The second kappa shape index (κ2) is 4.42. The van der Waals surface area contributed by atoms with Crippen molar-refractivity contribution in [3.63, 3.8) is 0 Å². The van der Waals surface area contributed by atoms with Gasteiger partial charge in [0.05, 0.1) is 18.5 Å². The van der Waals surface area contributed by atoms with E-state index in [1.165, 1.54) is 17.1 Å². The maximum atomic E-state index is 12.1. The number of aryl methyl sites for hydroxylation is 2. The summed E-state index contributed by atoms with van der Waals surface area (Å²) in [6.45, 7) is 1.24. The lowest BCUT2D eigenvalue weighted by Crippen LogP contribution is -2.15. The van der Waals surface area contributed by atoms with Gasteiger partial charge in [0.1, 0.15) is 0 Å². The molecular formula is C9H13N5O3S. The maximum absolute atomic E-state index is 12.1. The quantitative estimate of drug-likeness (QED) is 0.709. The van der Waals surface area contributed by atoms with Gasteiger partial charge in [-0.3, -0.25) is 14.5 Å². The van der Waals surface area contributed by atoms with Crippen LogP contribution in [0.3, 0.4) is 0 Å². The first kappa shape index (κ1) is 12.6. The van der Waals surface area contributed by atoms with Gasteiger partial charge in [0, 0.05) is 24.5 Å². The van der Waals surface area contributed by atoms with Gasteiger partial charge >= 0.3 is 0 Å². The third-order valence-electron chi connectivity index (χ3n) is 2.41. The zero-order valence-electron chi connectivity index (χ0n) is 9.88. The number of H-pyrrole nitrogens is 1. The zero-order valence-corrected chi connectivity index (χ0v) is 10.7. The van der Waals surface area contributed by atoms with Gasteiger partial charge in [0.2, 0.25) is 5.03 Å². The van der Waals surface area contributed by atoms with Crippen molar-refractivity contribution >= 4 is 15.7 Å². The molecule has 0 unspecified atom stereocenters. The Bertz CT molecular complexity index is 658. The van der Waals surface area contributed by atoms with E-state index in [9.17, 15) is 8.42 Å². The van der Waals surface area contributed by atoms with Gasteiger partial charge in [-0.1, -0.05) is 0 Å².